The van der Waals surface area contributed by atoms with Crippen LogP contribution in [0.2, 0.25) is 0 Å². The molecule has 3 heterocycles. The molecule has 4 N–H and O–H groups in total. The summed E-state index contributed by atoms with van der Waals surface area (Å²) >= 11 is 0. The van der Waals surface area contributed by atoms with E-state index >= 15 is 0 Å². The molecule has 4 aliphatic rings. The predicted octanol–water partition coefficient (Wildman–Crippen LogP) is 0.854. The number of amides is 5. The van der Waals surface area contributed by atoms with Gasteiger partial charge < -0.3 is 26.2 Å². The number of aromatic nitrogens is 1. The number of carbonyl (C=O) groups is 6. The second-order valence-electron chi connectivity index (χ2n) is 13.0. The van der Waals surface area contributed by atoms with Gasteiger partial charge in [-0.15, -0.1) is 0 Å². The van der Waals surface area contributed by atoms with Crippen molar-refractivity contribution in [2.75, 3.05) is 6.54 Å². The van der Waals surface area contributed by atoms with Crippen LogP contribution in [0.4, 0.5) is 0 Å². The summed E-state index contributed by atoms with van der Waals surface area (Å²) in [5, 5.41) is 10.9. The molecule has 1 aromatic rings. The molecule has 5 rings (SSSR count). The largest absolute Gasteiger partial charge is 0.347 e. The minimum Gasteiger partial charge on any atom is -0.347 e. The van der Waals surface area contributed by atoms with Crippen molar-refractivity contribution in [1.82, 2.24) is 31.2 Å². The van der Waals surface area contributed by atoms with Gasteiger partial charge >= 0.3 is 0 Å². The van der Waals surface area contributed by atoms with Gasteiger partial charge in [-0.1, -0.05) is 39.7 Å². The molecule has 0 bridgehead atoms. The lowest BCUT2D eigenvalue weighted by Crippen LogP contribution is -2.69. The average Bonchev–Trinajstić information content (AvgIpc) is 3.72. The number of piperidine rings is 1. The van der Waals surface area contributed by atoms with Crippen molar-refractivity contribution in [3.63, 3.8) is 0 Å². The van der Waals surface area contributed by atoms with Crippen molar-refractivity contribution >= 4 is 35.3 Å². The number of pyridine rings is 1. The summed E-state index contributed by atoms with van der Waals surface area (Å²) in [6.45, 7) is 5.50. The second-order valence-corrected chi connectivity index (χ2v) is 13.0. The first-order valence-electron chi connectivity index (χ1n) is 15.5. The Labute approximate surface area is 251 Å². The molecule has 43 heavy (non-hydrogen) atoms. The Balaban J connectivity index is 1.30. The Morgan fingerprint density at radius 1 is 1.07 bits per heavy atom. The van der Waals surface area contributed by atoms with Crippen molar-refractivity contribution in [2.24, 2.45) is 17.3 Å². The van der Waals surface area contributed by atoms with Gasteiger partial charge in [-0.05, 0) is 67.9 Å². The molecule has 2 saturated carbocycles. The summed E-state index contributed by atoms with van der Waals surface area (Å²) in [7, 11) is 0. The molecule has 2 aliphatic carbocycles. The molecule has 4 fully saturated rings. The van der Waals surface area contributed by atoms with E-state index in [4.69, 9.17) is 0 Å². The van der Waals surface area contributed by atoms with Crippen LogP contribution in [0.5, 0.6) is 0 Å². The monoisotopic (exact) mass is 594 g/mol. The third kappa shape index (κ3) is 6.28. The summed E-state index contributed by atoms with van der Waals surface area (Å²) in [4.78, 5) is 84.4. The van der Waals surface area contributed by atoms with Gasteiger partial charge in [0.25, 0.3) is 11.8 Å². The third-order valence-electron chi connectivity index (χ3n) is 9.63. The lowest BCUT2D eigenvalue weighted by atomic mass is 9.60. The molecular formula is C31H42N6O6. The predicted molar refractivity (Wildman–Crippen MR) is 155 cm³/mol. The molecule has 12 heteroatoms. The molecule has 5 amide bonds. The normalized spacial score (nSPS) is 27.8. The Hall–Kier alpha value is -3.83. The van der Waals surface area contributed by atoms with Crippen LogP contribution in [0, 0.1) is 17.3 Å². The van der Waals surface area contributed by atoms with Gasteiger partial charge in [-0.25, -0.2) is 0 Å². The molecule has 1 aromatic heterocycles. The number of rotatable bonds is 11. The van der Waals surface area contributed by atoms with Gasteiger partial charge in [-0.2, -0.15) is 0 Å². The van der Waals surface area contributed by atoms with E-state index in [1.807, 2.05) is 20.8 Å². The highest BCUT2D eigenvalue weighted by molar-refractivity contribution is 6.38. The van der Waals surface area contributed by atoms with Gasteiger partial charge in [-0.3, -0.25) is 33.8 Å². The molecule has 232 valence electrons. The van der Waals surface area contributed by atoms with E-state index in [2.05, 4.69) is 26.3 Å². The fourth-order valence-corrected chi connectivity index (χ4v) is 7.26. The van der Waals surface area contributed by atoms with E-state index < -0.39 is 53.0 Å². The Kier molecular flexibility index (Phi) is 8.84. The molecule has 2 aliphatic heterocycles. The van der Waals surface area contributed by atoms with E-state index in [1.165, 1.54) is 12.3 Å². The number of ketones is 1. The zero-order valence-electron chi connectivity index (χ0n) is 25.1. The lowest BCUT2D eigenvalue weighted by Gasteiger charge is -2.55. The van der Waals surface area contributed by atoms with Crippen LogP contribution >= 0.6 is 0 Å². The first kappa shape index (κ1) is 30.6. The number of nitrogens with zero attached hydrogens (tertiary/aromatic N) is 2. The quantitative estimate of drug-likeness (QED) is 0.276. The van der Waals surface area contributed by atoms with Crippen LogP contribution in [-0.2, 0) is 24.0 Å². The highest BCUT2D eigenvalue weighted by atomic mass is 16.2. The van der Waals surface area contributed by atoms with E-state index in [-0.39, 0.29) is 42.1 Å². The standard InChI is InChI=1S/C31H42N6O6/c1-4-8-20(25(39)29(42)34-18-12-13-18)35-28(41)22-15-17-9-7-10-19-24(17)37(22)30(43)26(31(19,2)3)36-23(38)16-33-27(40)21-11-5-6-14-32-21/h5-6,11,14,17-20,22,24,26H,4,7-10,12-13,15-16H2,1-3H3,(H,33,40)(H,34,42)(H,35,41)(H,36,38)/t17-,19?,20-,22-,24?,26+/m0/s1. The van der Waals surface area contributed by atoms with Crippen molar-refractivity contribution < 1.29 is 28.8 Å². The Bertz CT molecular complexity index is 1280. The topological polar surface area (TPSA) is 167 Å². The van der Waals surface area contributed by atoms with Gasteiger partial charge in [0.2, 0.25) is 23.5 Å². The summed E-state index contributed by atoms with van der Waals surface area (Å²) in [6.07, 6.45) is 7.24. The Morgan fingerprint density at radius 3 is 2.51 bits per heavy atom. The maximum atomic E-state index is 14.1. The maximum Gasteiger partial charge on any atom is 0.289 e. The summed E-state index contributed by atoms with van der Waals surface area (Å²) in [6, 6.07) is 2.09. The zero-order valence-corrected chi connectivity index (χ0v) is 25.1. The number of nitrogens with one attached hydrogen (secondary N) is 4. The molecule has 2 unspecified atom stereocenters. The first-order chi connectivity index (χ1) is 20.5. The number of hydrogen-bond acceptors (Lipinski definition) is 7. The van der Waals surface area contributed by atoms with Crippen LogP contribution < -0.4 is 21.3 Å². The zero-order chi connectivity index (χ0) is 30.9. The average molecular weight is 595 g/mol. The minimum atomic E-state index is -0.968. The van der Waals surface area contributed by atoms with E-state index in [0.29, 0.717) is 19.3 Å². The summed E-state index contributed by atoms with van der Waals surface area (Å²) in [5.74, 6) is -2.98. The molecule has 2 saturated heterocycles. The maximum absolute atomic E-state index is 14.1. The highest BCUT2D eigenvalue weighted by Crippen LogP contribution is 2.53. The van der Waals surface area contributed by atoms with Gasteiger partial charge in [0.15, 0.2) is 0 Å². The van der Waals surface area contributed by atoms with Crippen molar-refractivity contribution in [2.45, 2.75) is 102 Å². The van der Waals surface area contributed by atoms with Gasteiger partial charge in [0.1, 0.15) is 17.8 Å². The summed E-state index contributed by atoms with van der Waals surface area (Å²) < 4.78 is 0. The SMILES string of the molecule is CCC[C@H](NC(=O)[C@@H]1C[C@@H]2CCCC3C2N1C(=O)[C@@H](NC(=O)CNC(=O)c1ccccn1)C3(C)C)C(=O)C(=O)NC1CC1. The van der Waals surface area contributed by atoms with Crippen LogP contribution in [-0.4, -0.2) is 82.0 Å². The smallest absolute Gasteiger partial charge is 0.289 e. The van der Waals surface area contributed by atoms with Crippen molar-refractivity contribution in [3.8, 4) is 0 Å². The number of hydrogen-bond donors (Lipinski definition) is 4. The first-order valence-corrected chi connectivity index (χ1v) is 15.5. The lowest BCUT2D eigenvalue weighted by molar-refractivity contribution is -0.159. The molecule has 0 aromatic carbocycles. The fourth-order valence-electron chi connectivity index (χ4n) is 7.26. The van der Waals surface area contributed by atoms with Gasteiger partial charge in [0, 0.05) is 18.3 Å². The highest BCUT2D eigenvalue weighted by Gasteiger charge is 2.62. The summed E-state index contributed by atoms with van der Waals surface area (Å²) in [5.41, 5.74) is -0.416. The Morgan fingerprint density at radius 2 is 1.84 bits per heavy atom. The molecular weight excluding hydrogens is 552 g/mol. The fraction of sp³-hybridized carbons (Fsp3) is 0.645. The second kappa shape index (κ2) is 12.4. The molecule has 6 atom stereocenters. The molecule has 12 nitrogen and oxygen atoms in total. The third-order valence-corrected chi connectivity index (χ3v) is 9.63. The van der Waals surface area contributed by atoms with E-state index in [0.717, 1.165) is 32.1 Å². The molecule has 0 spiro atoms. The van der Waals surface area contributed by atoms with Crippen LogP contribution in [0.15, 0.2) is 24.4 Å². The van der Waals surface area contributed by atoms with Crippen LogP contribution in [0.1, 0.15) is 82.6 Å². The van der Waals surface area contributed by atoms with Crippen molar-refractivity contribution in [1.29, 1.82) is 0 Å². The minimum absolute atomic E-state index is 0.0223. The van der Waals surface area contributed by atoms with E-state index in [1.54, 1.807) is 17.0 Å². The van der Waals surface area contributed by atoms with E-state index in [9.17, 15) is 28.8 Å². The van der Waals surface area contributed by atoms with Gasteiger partial charge in [0.05, 0.1) is 12.6 Å². The van der Waals surface area contributed by atoms with Crippen LogP contribution in [0.25, 0.3) is 0 Å². The van der Waals surface area contributed by atoms with Crippen molar-refractivity contribution in [3.05, 3.63) is 30.1 Å². The molecule has 0 radical (unpaired) electrons. The van der Waals surface area contributed by atoms with Crippen LogP contribution in [0.3, 0.4) is 0 Å². The number of Topliss-reactive ketones (excluding diaryl/α,β-unsaturated/α-hetero) is 1. The number of carbonyl (C=O) groups excluding carboxylic acids is 6.